The zero-order chi connectivity index (χ0) is 7.23. The van der Waals surface area contributed by atoms with Gasteiger partial charge in [-0.25, -0.2) is 0 Å². The maximum absolute atomic E-state index is 2.29. The van der Waals surface area contributed by atoms with Crippen LogP contribution in [-0.2, 0) is 0 Å². The Morgan fingerprint density at radius 3 is 2.36 bits per heavy atom. The minimum atomic E-state index is 0. The predicted molar refractivity (Wildman–Crippen MR) is 47.2 cm³/mol. The van der Waals surface area contributed by atoms with Crippen LogP contribution in [0.1, 0.15) is 59.7 Å². The van der Waals surface area contributed by atoms with Crippen LogP contribution in [0.25, 0.3) is 0 Å². The molecule has 1 aliphatic carbocycles. The third kappa shape index (κ3) is 4.94. The van der Waals surface area contributed by atoms with Crippen LogP contribution in [0.3, 0.4) is 0 Å². The molecule has 0 bridgehead atoms. The van der Waals surface area contributed by atoms with Crippen LogP contribution >= 0.6 is 0 Å². The molecule has 0 radical (unpaired) electrons. The predicted octanol–water partition coefficient (Wildman–Crippen LogP) is 0.873. The van der Waals surface area contributed by atoms with Gasteiger partial charge in [0.2, 0.25) is 0 Å². The zero-order valence-corrected chi connectivity index (χ0v) is 8.23. The fraction of sp³-hybridized carbons (Fsp3) is 1.00. The Balaban J connectivity index is 0. The molecule has 0 aromatic carbocycles. The first-order valence-corrected chi connectivity index (χ1v) is 4.93. The second-order valence-electron chi connectivity index (χ2n) is 3.65. The summed E-state index contributed by atoms with van der Waals surface area (Å²) < 4.78 is 0. The number of hydrogen-bond donors (Lipinski definition) is 0. The van der Waals surface area contributed by atoms with Crippen molar-refractivity contribution in [3.8, 4) is 0 Å². The molecule has 1 saturated carbocycles. The van der Waals surface area contributed by atoms with Gasteiger partial charge >= 0.3 is 18.9 Å². The number of unbranched alkanes of at least 4 members (excludes halogenated alkanes) is 1. The molecule has 0 saturated heterocycles. The molecule has 0 aliphatic heterocycles. The molecular weight excluding hydrogens is 127 g/mol. The molecule has 0 unspecified atom stereocenters. The standard InChI is InChI=1S/C10H20.Li.H/c1-2-3-7-10-8-5-4-6-9-10;;/h10H,2-9H2,1H3;;/q;+1;-1. The number of rotatable bonds is 3. The molecule has 0 aromatic heterocycles. The van der Waals surface area contributed by atoms with Crippen molar-refractivity contribution in [2.45, 2.75) is 58.3 Å². The molecule has 0 spiro atoms. The first-order valence-electron chi connectivity index (χ1n) is 4.93. The van der Waals surface area contributed by atoms with Crippen molar-refractivity contribution in [1.29, 1.82) is 0 Å². The average Bonchev–Trinajstić information content (AvgIpc) is 2.03. The Kier molecular flexibility index (Phi) is 7.65. The summed E-state index contributed by atoms with van der Waals surface area (Å²) in [5.41, 5.74) is 0. The fourth-order valence-corrected chi connectivity index (χ4v) is 1.97. The van der Waals surface area contributed by atoms with E-state index in [1.165, 1.54) is 51.4 Å². The van der Waals surface area contributed by atoms with E-state index in [-0.39, 0.29) is 20.3 Å². The van der Waals surface area contributed by atoms with Gasteiger partial charge in [0.05, 0.1) is 0 Å². The van der Waals surface area contributed by atoms with Crippen LogP contribution in [-0.4, -0.2) is 0 Å². The van der Waals surface area contributed by atoms with Crippen LogP contribution < -0.4 is 18.9 Å². The summed E-state index contributed by atoms with van der Waals surface area (Å²) in [7, 11) is 0. The van der Waals surface area contributed by atoms with Gasteiger partial charge in [-0.3, -0.25) is 0 Å². The van der Waals surface area contributed by atoms with Gasteiger partial charge in [0.25, 0.3) is 0 Å². The van der Waals surface area contributed by atoms with Crippen LogP contribution in [0, 0.1) is 5.92 Å². The fourth-order valence-electron chi connectivity index (χ4n) is 1.97. The first-order chi connectivity index (χ1) is 4.93. The van der Waals surface area contributed by atoms with Gasteiger partial charge < -0.3 is 1.43 Å². The van der Waals surface area contributed by atoms with E-state index in [9.17, 15) is 0 Å². The molecule has 62 valence electrons. The first kappa shape index (κ1) is 11.6. The van der Waals surface area contributed by atoms with Crippen molar-refractivity contribution in [2.75, 3.05) is 0 Å². The maximum atomic E-state index is 2.29. The van der Waals surface area contributed by atoms with Crippen LogP contribution in [0.15, 0.2) is 0 Å². The molecule has 1 rings (SSSR count). The Hall–Kier alpha value is 0.597. The smallest absolute Gasteiger partial charge is 1.00 e. The zero-order valence-electron chi connectivity index (χ0n) is 9.23. The van der Waals surface area contributed by atoms with Crippen LogP contribution in [0.2, 0.25) is 0 Å². The molecule has 0 atom stereocenters. The molecule has 0 N–H and O–H groups in total. The normalized spacial score (nSPS) is 19.4. The van der Waals surface area contributed by atoms with Gasteiger partial charge in [-0.1, -0.05) is 58.3 Å². The van der Waals surface area contributed by atoms with Gasteiger partial charge in [-0.05, 0) is 5.92 Å². The second kappa shape index (κ2) is 7.26. The van der Waals surface area contributed by atoms with Crippen molar-refractivity contribution < 1.29 is 20.3 Å². The van der Waals surface area contributed by atoms with Crippen LogP contribution in [0.5, 0.6) is 0 Å². The van der Waals surface area contributed by atoms with Gasteiger partial charge in [0.15, 0.2) is 0 Å². The van der Waals surface area contributed by atoms with E-state index < -0.39 is 0 Å². The molecule has 1 fully saturated rings. The second-order valence-corrected chi connectivity index (χ2v) is 3.65. The maximum Gasteiger partial charge on any atom is 1.00 e. The Bertz CT molecular complexity index is 79.9. The minimum absolute atomic E-state index is 0. The molecule has 0 aromatic rings. The van der Waals surface area contributed by atoms with Crippen molar-refractivity contribution >= 4 is 0 Å². The van der Waals surface area contributed by atoms with E-state index in [4.69, 9.17) is 0 Å². The van der Waals surface area contributed by atoms with Crippen molar-refractivity contribution in [2.24, 2.45) is 5.92 Å². The Labute approximate surface area is 84.8 Å². The SMILES string of the molecule is CCCCC1CCCCC1.[H-].[Li+]. The topological polar surface area (TPSA) is 0 Å². The van der Waals surface area contributed by atoms with Gasteiger partial charge in [-0.2, -0.15) is 0 Å². The summed E-state index contributed by atoms with van der Waals surface area (Å²) in [6.07, 6.45) is 11.9. The Morgan fingerprint density at radius 1 is 1.18 bits per heavy atom. The van der Waals surface area contributed by atoms with Crippen LogP contribution in [0.4, 0.5) is 0 Å². The quantitative estimate of drug-likeness (QED) is 0.521. The molecule has 1 heteroatoms. The van der Waals surface area contributed by atoms with Crippen molar-refractivity contribution in [1.82, 2.24) is 0 Å². The van der Waals surface area contributed by atoms with Gasteiger partial charge in [0, 0.05) is 0 Å². The van der Waals surface area contributed by atoms with Gasteiger partial charge in [0.1, 0.15) is 0 Å². The third-order valence-electron chi connectivity index (χ3n) is 2.69. The largest absolute Gasteiger partial charge is 1.00 e. The molecule has 0 heterocycles. The molecule has 0 nitrogen and oxygen atoms in total. The number of hydrogen-bond acceptors (Lipinski definition) is 0. The summed E-state index contributed by atoms with van der Waals surface area (Å²) in [4.78, 5) is 0. The molecule has 0 amide bonds. The minimum Gasteiger partial charge on any atom is -1.00 e. The monoisotopic (exact) mass is 148 g/mol. The van der Waals surface area contributed by atoms with E-state index >= 15 is 0 Å². The summed E-state index contributed by atoms with van der Waals surface area (Å²) >= 11 is 0. The summed E-state index contributed by atoms with van der Waals surface area (Å²) in [6.45, 7) is 2.29. The molecule has 11 heavy (non-hydrogen) atoms. The van der Waals surface area contributed by atoms with Crippen molar-refractivity contribution in [3.05, 3.63) is 0 Å². The van der Waals surface area contributed by atoms with E-state index in [2.05, 4.69) is 6.92 Å². The third-order valence-corrected chi connectivity index (χ3v) is 2.69. The average molecular weight is 148 g/mol. The summed E-state index contributed by atoms with van der Waals surface area (Å²) in [6, 6.07) is 0. The van der Waals surface area contributed by atoms with E-state index in [0.717, 1.165) is 5.92 Å². The van der Waals surface area contributed by atoms with Gasteiger partial charge in [-0.15, -0.1) is 0 Å². The molecule has 1 aliphatic rings. The van der Waals surface area contributed by atoms with E-state index in [0.29, 0.717) is 0 Å². The summed E-state index contributed by atoms with van der Waals surface area (Å²) in [5, 5.41) is 0. The molecular formula is C10H21Li. The Morgan fingerprint density at radius 2 is 1.82 bits per heavy atom. The van der Waals surface area contributed by atoms with E-state index in [1.807, 2.05) is 0 Å². The summed E-state index contributed by atoms with van der Waals surface area (Å²) in [5.74, 6) is 1.11. The van der Waals surface area contributed by atoms with Crippen molar-refractivity contribution in [3.63, 3.8) is 0 Å². The van der Waals surface area contributed by atoms with E-state index in [1.54, 1.807) is 0 Å².